The third-order valence-corrected chi connectivity index (χ3v) is 4.34. The van der Waals surface area contributed by atoms with E-state index in [4.69, 9.17) is 0 Å². The highest BCUT2D eigenvalue weighted by molar-refractivity contribution is 5.95. The molecular formula is C17H20ClF3N4O. The second kappa shape index (κ2) is 8.09. The number of hydrogen-bond donors (Lipinski definition) is 1. The van der Waals surface area contributed by atoms with E-state index in [0.29, 0.717) is 24.6 Å². The van der Waals surface area contributed by atoms with Gasteiger partial charge in [0, 0.05) is 18.7 Å². The zero-order valence-corrected chi connectivity index (χ0v) is 15.0. The Balaban J connectivity index is 0.00000243. The lowest BCUT2D eigenvalue weighted by Crippen LogP contribution is -2.30. The molecule has 0 radical (unpaired) electrons. The van der Waals surface area contributed by atoms with Crippen molar-refractivity contribution >= 4 is 18.3 Å². The first-order valence-electron chi connectivity index (χ1n) is 8.05. The minimum Gasteiger partial charge on any atom is -0.338 e. The topological polar surface area (TPSA) is 50.2 Å². The summed E-state index contributed by atoms with van der Waals surface area (Å²) in [5.74, 6) is 0.237. The van der Waals surface area contributed by atoms with Crippen molar-refractivity contribution in [2.24, 2.45) is 5.92 Å². The monoisotopic (exact) mass is 388 g/mol. The number of hydrogen-bond acceptors (Lipinski definition) is 3. The standard InChI is InChI=1S/C17H19F3N4O.ClH/c1-21-10-12-6-8-23(11-12)16(25)13-3-2-4-14(9-13)24-15(5-7-22-24)17(18,19)20;/h2-5,7,9,12,21H,6,8,10-11H2,1H3;1H. The molecule has 142 valence electrons. The quantitative estimate of drug-likeness (QED) is 0.876. The zero-order valence-electron chi connectivity index (χ0n) is 14.2. The van der Waals surface area contributed by atoms with Gasteiger partial charge >= 0.3 is 6.18 Å². The molecule has 0 saturated carbocycles. The van der Waals surface area contributed by atoms with Crippen LogP contribution in [0.5, 0.6) is 0 Å². The van der Waals surface area contributed by atoms with Gasteiger partial charge in [-0.1, -0.05) is 6.07 Å². The molecule has 1 saturated heterocycles. The van der Waals surface area contributed by atoms with Crippen LogP contribution in [0.15, 0.2) is 36.5 Å². The van der Waals surface area contributed by atoms with Crippen LogP contribution < -0.4 is 5.32 Å². The van der Waals surface area contributed by atoms with E-state index < -0.39 is 11.9 Å². The molecule has 1 amide bonds. The van der Waals surface area contributed by atoms with Gasteiger partial charge in [-0.3, -0.25) is 4.79 Å². The molecule has 1 aliphatic heterocycles. The lowest BCUT2D eigenvalue weighted by molar-refractivity contribution is -0.142. The van der Waals surface area contributed by atoms with Crippen LogP contribution in [0.25, 0.3) is 5.69 Å². The molecule has 1 atom stereocenters. The van der Waals surface area contributed by atoms with E-state index >= 15 is 0 Å². The predicted molar refractivity (Wildman–Crippen MR) is 93.8 cm³/mol. The number of carbonyl (C=O) groups excluding carboxylic acids is 1. The van der Waals surface area contributed by atoms with Gasteiger partial charge in [0.15, 0.2) is 0 Å². The van der Waals surface area contributed by atoms with Gasteiger partial charge in [-0.25, -0.2) is 4.68 Å². The van der Waals surface area contributed by atoms with E-state index in [1.807, 2.05) is 7.05 Å². The molecule has 1 aliphatic rings. The van der Waals surface area contributed by atoms with Gasteiger partial charge in [0.05, 0.1) is 11.9 Å². The molecule has 3 rings (SSSR count). The summed E-state index contributed by atoms with van der Waals surface area (Å²) in [6, 6.07) is 7.07. The number of likely N-dealkylation sites (tertiary alicyclic amines) is 1. The smallest absolute Gasteiger partial charge is 0.338 e. The van der Waals surface area contributed by atoms with Gasteiger partial charge in [-0.15, -0.1) is 12.4 Å². The van der Waals surface area contributed by atoms with Crippen LogP contribution in [0.4, 0.5) is 13.2 Å². The fourth-order valence-electron chi connectivity index (χ4n) is 3.15. The fourth-order valence-corrected chi connectivity index (χ4v) is 3.15. The number of benzene rings is 1. The van der Waals surface area contributed by atoms with E-state index in [-0.39, 0.29) is 24.0 Å². The Kier molecular flexibility index (Phi) is 6.30. The summed E-state index contributed by atoms with van der Waals surface area (Å²) in [6.07, 6.45) is -2.49. The summed E-state index contributed by atoms with van der Waals surface area (Å²) in [5.41, 5.74) is -0.285. The van der Waals surface area contributed by atoms with Crippen molar-refractivity contribution in [1.29, 1.82) is 0 Å². The lowest BCUT2D eigenvalue weighted by Gasteiger charge is -2.17. The largest absolute Gasteiger partial charge is 0.433 e. The van der Waals surface area contributed by atoms with Crippen molar-refractivity contribution in [3.8, 4) is 5.69 Å². The summed E-state index contributed by atoms with van der Waals surface area (Å²) in [7, 11) is 1.87. The normalized spacial score (nSPS) is 17.2. The van der Waals surface area contributed by atoms with E-state index in [0.717, 1.165) is 29.9 Å². The van der Waals surface area contributed by atoms with Gasteiger partial charge in [-0.2, -0.15) is 18.3 Å². The minimum atomic E-state index is -4.51. The Bertz CT molecular complexity index is 762. The van der Waals surface area contributed by atoms with E-state index in [9.17, 15) is 18.0 Å². The van der Waals surface area contributed by atoms with Crippen LogP contribution in [-0.4, -0.2) is 47.3 Å². The Morgan fingerprint density at radius 3 is 2.81 bits per heavy atom. The number of aromatic nitrogens is 2. The SMILES string of the molecule is CNCC1CCN(C(=O)c2cccc(-n3nccc3C(F)(F)F)c2)C1.Cl. The molecule has 1 N–H and O–H groups in total. The number of nitrogens with one attached hydrogen (secondary N) is 1. The highest BCUT2D eigenvalue weighted by Gasteiger charge is 2.35. The zero-order chi connectivity index (χ0) is 18.0. The molecule has 0 aliphatic carbocycles. The molecule has 1 aromatic carbocycles. The van der Waals surface area contributed by atoms with E-state index in [2.05, 4.69) is 10.4 Å². The maximum Gasteiger partial charge on any atom is 0.433 e. The third-order valence-electron chi connectivity index (χ3n) is 4.34. The summed E-state index contributed by atoms with van der Waals surface area (Å²) >= 11 is 0. The minimum absolute atomic E-state index is 0. The summed E-state index contributed by atoms with van der Waals surface area (Å²) in [4.78, 5) is 14.4. The Morgan fingerprint density at radius 1 is 1.35 bits per heavy atom. The maximum atomic E-state index is 13.0. The van der Waals surface area contributed by atoms with Gasteiger partial charge in [0.2, 0.25) is 0 Å². The first-order valence-corrected chi connectivity index (χ1v) is 8.05. The number of alkyl halides is 3. The van der Waals surface area contributed by atoms with Crippen molar-refractivity contribution in [3.63, 3.8) is 0 Å². The summed E-state index contributed by atoms with van der Waals surface area (Å²) in [5, 5.41) is 6.85. The Morgan fingerprint density at radius 2 is 2.12 bits per heavy atom. The van der Waals surface area contributed by atoms with E-state index in [1.165, 1.54) is 12.1 Å². The van der Waals surface area contributed by atoms with E-state index in [1.54, 1.807) is 17.0 Å². The van der Waals surface area contributed by atoms with Gasteiger partial charge in [0.1, 0.15) is 5.69 Å². The van der Waals surface area contributed by atoms with Crippen molar-refractivity contribution < 1.29 is 18.0 Å². The lowest BCUT2D eigenvalue weighted by atomic mass is 10.1. The van der Waals surface area contributed by atoms with Gasteiger partial charge in [0.25, 0.3) is 5.91 Å². The first kappa shape index (κ1) is 20.3. The summed E-state index contributed by atoms with van der Waals surface area (Å²) in [6.45, 7) is 2.15. The van der Waals surface area contributed by atoms with Crippen molar-refractivity contribution in [2.45, 2.75) is 12.6 Å². The number of amides is 1. The summed E-state index contributed by atoms with van der Waals surface area (Å²) < 4.78 is 39.9. The van der Waals surface area contributed by atoms with Crippen LogP contribution in [0, 0.1) is 5.92 Å². The molecule has 1 aromatic heterocycles. The highest BCUT2D eigenvalue weighted by atomic mass is 35.5. The molecule has 0 spiro atoms. The second-order valence-corrected chi connectivity index (χ2v) is 6.14. The molecule has 1 fully saturated rings. The van der Waals surface area contributed by atoms with Crippen molar-refractivity contribution in [3.05, 3.63) is 47.8 Å². The molecular weight excluding hydrogens is 369 g/mol. The average Bonchev–Trinajstić information content (AvgIpc) is 3.23. The van der Waals surface area contributed by atoms with Crippen LogP contribution in [0.1, 0.15) is 22.5 Å². The number of rotatable bonds is 4. The molecule has 2 aromatic rings. The predicted octanol–water partition coefficient (Wildman–Crippen LogP) is 2.99. The van der Waals surface area contributed by atoms with Crippen molar-refractivity contribution in [2.75, 3.05) is 26.7 Å². The van der Waals surface area contributed by atoms with Gasteiger partial charge in [-0.05, 0) is 50.2 Å². The number of nitrogens with zero attached hydrogens (tertiary/aromatic N) is 3. The average molecular weight is 389 g/mol. The van der Waals surface area contributed by atoms with Crippen LogP contribution >= 0.6 is 12.4 Å². The Labute approximate surface area is 155 Å². The molecule has 1 unspecified atom stereocenters. The number of carbonyl (C=O) groups is 1. The van der Waals surface area contributed by atoms with Crippen LogP contribution in [0.2, 0.25) is 0 Å². The first-order chi connectivity index (χ1) is 11.9. The molecule has 2 heterocycles. The fraction of sp³-hybridized carbons (Fsp3) is 0.412. The second-order valence-electron chi connectivity index (χ2n) is 6.14. The molecule has 26 heavy (non-hydrogen) atoms. The highest BCUT2D eigenvalue weighted by Crippen LogP contribution is 2.30. The molecule has 0 bridgehead atoms. The maximum absolute atomic E-state index is 13.0. The van der Waals surface area contributed by atoms with Crippen LogP contribution in [-0.2, 0) is 6.18 Å². The van der Waals surface area contributed by atoms with Crippen molar-refractivity contribution in [1.82, 2.24) is 20.0 Å². The van der Waals surface area contributed by atoms with Gasteiger partial charge < -0.3 is 10.2 Å². The molecule has 9 heteroatoms. The van der Waals surface area contributed by atoms with Crippen LogP contribution in [0.3, 0.4) is 0 Å². The Hall–Kier alpha value is -2.06. The number of halogens is 4. The third kappa shape index (κ3) is 4.19. The molecule has 5 nitrogen and oxygen atoms in total.